The van der Waals surface area contributed by atoms with Crippen molar-refractivity contribution < 1.29 is 9.53 Å². The van der Waals surface area contributed by atoms with Gasteiger partial charge in [0.05, 0.1) is 13.0 Å². The first-order valence-corrected chi connectivity index (χ1v) is 5.20. The van der Waals surface area contributed by atoms with Gasteiger partial charge in [-0.25, -0.2) is 4.98 Å². The number of methoxy groups -OCH3 is 1. The molecule has 1 rings (SSSR count). The number of halogens is 1. The lowest BCUT2D eigenvalue weighted by Crippen LogP contribution is -2.14. The Balaban J connectivity index is 2.44. The molecule has 0 atom stereocenters. The van der Waals surface area contributed by atoms with Gasteiger partial charge in [-0.1, -0.05) is 0 Å². The van der Waals surface area contributed by atoms with Crippen LogP contribution in [0.2, 0.25) is 0 Å². The molecule has 0 saturated heterocycles. The van der Waals surface area contributed by atoms with Crippen molar-refractivity contribution in [3.05, 3.63) is 21.9 Å². The van der Waals surface area contributed by atoms with Gasteiger partial charge in [0.2, 0.25) is 5.91 Å². The number of nitrogens with one attached hydrogen (secondary N) is 1. The van der Waals surface area contributed by atoms with E-state index < -0.39 is 0 Å². The highest BCUT2D eigenvalue weighted by atomic mass is 127. The van der Waals surface area contributed by atoms with Gasteiger partial charge < -0.3 is 10.1 Å². The van der Waals surface area contributed by atoms with E-state index in [1.807, 2.05) is 6.07 Å². The lowest BCUT2D eigenvalue weighted by atomic mass is 10.4. The average molecular weight is 306 g/mol. The van der Waals surface area contributed by atoms with E-state index in [9.17, 15) is 4.79 Å². The zero-order chi connectivity index (χ0) is 10.4. The average Bonchev–Trinajstić information content (AvgIpc) is 2.18. The molecule has 0 aliphatic rings. The SMILES string of the molecule is COCCC(=O)Nc1ccc(I)cn1. The van der Waals surface area contributed by atoms with E-state index in [1.165, 1.54) is 0 Å². The third-order valence-electron chi connectivity index (χ3n) is 1.53. The highest BCUT2D eigenvalue weighted by Gasteiger charge is 2.01. The molecule has 0 radical (unpaired) electrons. The number of rotatable bonds is 4. The van der Waals surface area contributed by atoms with Crippen molar-refractivity contribution in [3.63, 3.8) is 0 Å². The van der Waals surface area contributed by atoms with Crippen molar-refractivity contribution >= 4 is 34.3 Å². The van der Waals surface area contributed by atoms with Gasteiger partial charge in [-0.05, 0) is 34.7 Å². The van der Waals surface area contributed by atoms with Crippen LogP contribution in [0.15, 0.2) is 18.3 Å². The molecular formula is C9H11IN2O2. The van der Waals surface area contributed by atoms with Crippen LogP contribution in [0, 0.1) is 3.57 Å². The van der Waals surface area contributed by atoms with E-state index in [-0.39, 0.29) is 5.91 Å². The third kappa shape index (κ3) is 4.01. The van der Waals surface area contributed by atoms with E-state index in [4.69, 9.17) is 4.74 Å². The zero-order valence-electron chi connectivity index (χ0n) is 7.79. The molecule has 1 aromatic rings. The Kier molecular flexibility index (Phi) is 4.81. The predicted molar refractivity (Wildman–Crippen MR) is 62.1 cm³/mol. The van der Waals surface area contributed by atoms with Crippen LogP contribution in [0.4, 0.5) is 5.82 Å². The monoisotopic (exact) mass is 306 g/mol. The summed E-state index contributed by atoms with van der Waals surface area (Å²) in [7, 11) is 1.57. The summed E-state index contributed by atoms with van der Waals surface area (Å²) in [4.78, 5) is 15.3. The molecule has 0 unspecified atom stereocenters. The molecule has 0 bridgehead atoms. The first-order valence-electron chi connectivity index (χ1n) is 4.12. The van der Waals surface area contributed by atoms with Crippen molar-refractivity contribution in [1.82, 2.24) is 4.98 Å². The maximum atomic E-state index is 11.2. The molecule has 1 aromatic heterocycles. The number of anilines is 1. The largest absolute Gasteiger partial charge is 0.384 e. The molecule has 1 heterocycles. The highest BCUT2D eigenvalue weighted by Crippen LogP contribution is 2.07. The number of nitrogens with zero attached hydrogens (tertiary/aromatic N) is 1. The van der Waals surface area contributed by atoms with E-state index in [1.54, 1.807) is 19.4 Å². The maximum absolute atomic E-state index is 11.2. The minimum Gasteiger partial charge on any atom is -0.384 e. The Labute approximate surface area is 96.2 Å². The van der Waals surface area contributed by atoms with Crippen molar-refractivity contribution in [2.45, 2.75) is 6.42 Å². The molecule has 0 saturated carbocycles. The van der Waals surface area contributed by atoms with E-state index >= 15 is 0 Å². The number of ether oxygens (including phenoxy) is 1. The van der Waals surface area contributed by atoms with Crippen LogP contribution in [-0.2, 0) is 9.53 Å². The second kappa shape index (κ2) is 5.92. The smallest absolute Gasteiger partial charge is 0.227 e. The fraction of sp³-hybridized carbons (Fsp3) is 0.333. The summed E-state index contributed by atoms with van der Waals surface area (Å²) >= 11 is 2.16. The molecule has 14 heavy (non-hydrogen) atoms. The van der Waals surface area contributed by atoms with Gasteiger partial charge in [-0.15, -0.1) is 0 Å². The van der Waals surface area contributed by atoms with Crippen LogP contribution in [0.3, 0.4) is 0 Å². The lowest BCUT2D eigenvalue weighted by Gasteiger charge is -2.03. The Hall–Kier alpha value is -0.690. The van der Waals surface area contributed by atoms with Crippen molar-refractivity contribution in [3.8, 4) is 0 Å². The first-order chi connectivity index (χ1) is 6.72. The predicted octanol–water partition coefficient (Wildman–Crippen LogP) is 1.66. The first kappa shape index (κ1) is 11.4. The molecule has 1 N–H and O–H groups in total. The van der Waals surface area contributed by atoms with Crippen molar-refractivity contribution in [1.29, 1.82) is 0 Å². The van der Waals surface area contributed by atoms with Gasteiger partial charge in [0, 0.05) is 16.9 Å². The summed E-state index contributed by atoms with van der Waals surface area (Å²) in [5, 5.41) is 2.67. The number of hydrogen-bond donors (Lipinski definition) is 1. The summed E-state index contributed by atoms with van der Waals surface area (Å²) in [6, 6.07) is 3.66. The molecule has 0 fully saturated rings. The lowest BCUT2D eigenvalue weighted by molar-refractivity contribution is -0.117. The Morgan fingerprint density at radius 1 is 1.64 bits per heavy atom. The van der Waals surface area contributed by atoms with Crippen LogP contribution in [0.25, 0.3) is 0 Å². The number of pyridine rings is 1. The van der Waals surface area contributed by atoms with Crippen LogP contribution >= 0.6 is 22.6 Å². The van der Waals surface area contributed by atoms with Crippen molar-refractivity contribution in [2.24, 2.45) is 0 Å². The van der Waals surface area contributed by atoms with E-state index in [0.717, 1.165) is 3.57 Å². The second-order valence-corrected chi connectivity index (χ2v) is 3.90. The molecular weight excluding hydrogens is 295 g/mol. The Morgan fingerprint density at radius 3 is 3.00 bits per heavy atom. The van der Waals surface area contributed by atoms with Gasteiger partial charge in [0.1, 0.15) is 5.82 Å². The number of carbonyl (C=O) groups is 1. The normalized spacial score (nSPS) is 9.86. The molecule has 0 aliphatic carbocycles. The quantitative estimate of drug-likeness (QED) is 0.861. The van der Waals surface area contributed by atoms with Gasteiger partial charge >= 0.3 is 0 Å². The zero-order valence-corrected chi connectivity index (χ0v) is 9.95. The number of amides is 1. The summed E-state index contributed by atoms with van der Waals surface area (Å²) < 4.78 is 5.83. The minimum atomic E-state index is -0.0828. The van der Waals surface area contributed by atoms with Gasteiger partial charge in [0.15, 0.2) is 0 Å². The van der Waals surface area contributed by atoms with Crippen LogP contribution < -0.4 is 5.32 Å². The molecule has 1 amide bonds. The molecule has 5 heteroatoms. The Morgan fingerprint density at radius 2 is 2.43 bits per heavy atom. The summed E-state index contributed by atoms with van der Waals surface area (Å²) in [6.45, 7) is 0.427. The van der Waals surface area contributed by atoms with E-state index in [2.05, 4.69) is 32.9 Å². The molecule has 0 aliphatic heterocycles. The van der Waals surface area contributed by atoms with Crippen molar-refractivity contribution in [2.75, 3.05) is 19.0 Å². The van der Waals surface area contributed by atoms with Crippen LogP contribution in [-0.4, -0.2) is 24.6 Å². The van der Waals surface area contributed by atoms with Crippen LogP contribution in [0.1, 0.15) is 6.42 Å². The van der Waals surface area contributed by atoms with Gasteiger partial charge in [0.25, 0.3) is 0 Å². The third-order valence-corrected chi connectivity index (χ3v) is 2.17. The molecule has 76 valence electrons. The fourth-order valence-corrected chi connectivity index (χ4v) is 1.17. The van der Waals surface area contributed by atoms with E-state index in [0.29, 0.717) is 18.8 Å². The van der Waals surface area contributed by atoms with Crippen LogP contribution in [0.5, 0.6) is 0 Å². The standard InChI is InChI=1S/C9H11IN2O2/c1-14-5-4-9(13)12-8-3-2-7(10)6-11-8/h2-3,6H,4-5H2,1H3,(H,11,12,13). The second-order valence-electron chi connectivity index (χ2n) is 2.65. The highest BCUT2D eigenvalue weighted by molar-refractivity contribution is 14.1. The number of hydrogen-bond acceptors (Lipinski definition) is 3. The number of aromatic nitrogens is 1. The summed E-state index contributed by atoms with van der Waals surface area (Å²) in [6.07, 6.45) is 2.05. The maximum Gasteiger partial charge on any atom is 0.227 e. The van der Waals surface area contributed by atoms with Gasteiger partial charge in [-0.2, -0.15) is 0 Å². The number of carbonyl (C=O) groups excluding carboxylic acids is 1. The summed E-state index contributed by atoms with van der Waals surface area (Å²) in [5.41, 5.74) is 0. The Bertz CT molecular complexity index is 300. The summed E-state index contributed by atoms with van der Waals surface area (Å²) in [5.74, 6) is 0.493. The molecule has 4 nitrogen and oxygen atoms in total. The molecule has 0 aromatic carbocycles. The topological polar surface area (TPSA) is 51.2 Å². The van der Waals surface area contributed by atoms with Gasteiger partial charge in [-0.3, -0.25) is 4.79 Å². The molecule has 0 spiro atoms. The fourth-order valence-electron chi connectivity index (χ4n) is 0.850. The minimum absolute atomic E-state index is 0.0828.